The van der Waals surface area contributed by atoms with E-state index in [-0.39, 0.29) is 18.4 Å². The van der Waals surface area contributed by atoms with Crippen molar-refractivity contribution in [3.05, 3.63) is 65.2 Å². The van der Waals surface area contributed by atoms with E-state index in [0.717, 1.165) is 18.4 Å². The highest BCUT2D eigenvalue weighted by atomic mass is 16.5. The molecular weight excluding hydrogens is 346 g/mol. The summed E-state index contributed by atoms with van der Waals surface area (Å²) in [6.45, 7) is 1.81. The lowest BCUT2D eigenvalue weighted by Crippen LogP contribution is -2.24. The molecule has 1 heterocycles. The lowest BCUT2D eigenvalue weighted by Gasteiger charge is -2.23. The van der Waals surface area contributed by atoms with Crippen molar-refractivity contribution in [2.45, 2.75) is 32.0 Å². The summed E-state index contributed by atoms with van der Waals surface area (Å²) >= 11 is 0. The van der Waals surface area contributed by atoms with Crippen molar-refractivity contribution in [2.24, 2.45) is 0 Å². The predicted molar refractivity (Wildman–Crippen MR) is 101 cm³/mol. The van der Waals surface area contributed by atoms with Gasteiger partial charge in [-0.15, -0.1) is 0 Å². The minimum absolute atomic E-state index is 0.0411. The molecule has 1 fully saturated rings. The van der Waals surface area contributed by atoms with Crippen LogP contribution in [-0.2, 0) is 27.3 Å². The molecule has 0 bridgehead atoms. The van der Waals surface area contributed by atoms with Crippen LogP contribution in [0.2, 0.25) is 0 Å². The van der Waals surface area contributed by atoms with E-state index in [1.54, 1.807) is 30.3 Å². The molecule has 0 aliphatic carbocycles. The molecular formula is C21H23NO5. The Balaban J connectivity index is 1.63. The topological polar surface area (TPSA) is 84.9 Å². The van der Waals surface area contributed by atoms with Crippen molar-refractivity contribution >= 4 is 17.6 Å². The monoisotopic (exact) mass is 369 g/mol. The minimum atomic E-state index is -0.884. The Morgan fingerprint density at radius 3 is 2.48 bits per heavy atom. The second-order valence-corrected chi connectivity index (χ2v) is 6.50. The molecule has 2 aromatic rings. The maximum absolute atomic E-state index is 12.7. The SMILES string of the molecule is O=C(O)Cc1ccc(NC(=O)c2ccccc2COC2CCOCC2)cc1. The van der Waals surface area contributed by atoms with E-state index < -0.39 is 5.97 Å². The van der Waals surface area contributed by atoms with Crippen LogP contribution in [0.4, 0.5) is 5.69 Å². The number of benzene rings is 2. The fourth-order valence-electron chi connectivity index (χ4n) is 3.00. The van der Waals surface area contributed by atoms with Crippen molar-refractivity contribution in [1.29, 1.82) is 0 Å². The highest BCUT2D eigenvalue weighted by Crippen LogP contribution is 2.18. The Morgan fingerprint density at radius 2 is 1.78 bits per heavy atom. The first kappa shape index (κ1) is 19.1. The Bertz CT molecular complexity index is 781. The van der Waals surface area contributed by atoms with Crippen LogP contribution in [-0.4, -0.2) is 36.3 Å². The number of hydrogen-bond donors (Lipinski definition) is 2. The van der Waals surface area contributed by atoms with Crippen molar-refractivity contribution in [3.63, 3.8) is 0 Å². The van der Waals surface area contributed by atoms with Crippen molar-refractivity contribution in [2.75, 3.05) is 18.5 Å². The summed E-state index contributed by atoms with van der Waals surface area (Å²) in [7, 11) is 0. The molecule has 0 aromatic heterocycles. The summed E-state index contributed by atoms with van der Waals surface area (Å²) in [5, 5.41) is 11.7. The van der Waals surface area contributed by atoms with Gasteiger partial charge in [-0.25, -0.2) is 0 Å². The second kappa shape index (κ2) is 9.30. The first-order valence-electron chi connectivity index (χ1n) is 9.01. The molecule has 0 saturated carbocycles. The van der Waals surface area contributed by atoms with Gasteiger partial charge in [-0.2, -0.15) is 0 Å². The fourth-order valence-corrected chi connectivity index (χ4v) is 3.00. The Morgan fingerprint density at radius 1 is 1.07 bits per heavy atom. The average molecular weight is 369 g/mol. The smallest absolute Gasteiger partial charge is 0.307 e. The number of carbonyl (C=O) groups is 2. The summed E-state index contributed by atoms with van der Waals surface area (Å²) in [6.07, 6.45) is 1.87. The van der Waals surface area contributed by atoms with Gasteiger partial charge in [0.25, 0.3) is 5.91 Å². The predicted octanol–water partition coefficient (Wildman–Crippen LogP) is 3.26. The van der Waals surface area contributed by atoms with Gasteiger partial charge in [-0.1, -0.05) is 30.3 Å². The summed E-state index contributed by atoms with van der Waals surface area (Å²) in [5.74, 6) is -1.10. The van der Waals surface area contributed by atoms with Gasteiger partial charge in [-0.05, 0) is 42.2 Å². The quantitative estimate of drug-likeness (QED) is 0.782. The third-order valence-corrected chi connectivity index (χ3v) is 4.47. The lowest BCUT2D eigenvalue weighted by molar-refractivity contribution is -0.136. The van der Waals surface area contributed by atoms with Gasteiger partial charge in [-0.3, -0.25) is 9.59 Å². The molecule has 0 atom stereocenters. The van der Waals surface area contributed by atoms with Crippen LogP contribution in [0.5, 0.6) is 0 Å². The Kier molecular flexibility index (Phi) is 6.57. The largest absolute Gasteiger partial charge is 0.481 e. The number of hydrogen-bond acceptors (Lipinski definition) is 4. The van der Waals surface area contributed by atoms with Crippen LogP contribution in [0.3, 0.4) is 0 Å². The van der Waals surface area contributed by atoms with Crippen LogP contribution < -0.4 is 5.32 Å². The molecule has 6 heteroatoms. The van der Waals surface area contributed by atoms with E-state index in [1.165, 1.54) is 0 Å². The van der Waals surface area contributed by atoms with Crippen molar-refractivity contribution in [3.8, 4) is 0 Å². The molecule has 2 N–H and O–H groups in total. The molecule has 6 nitrogen and oxygen atoms in total. The number of carboxylic acid groups (broad SMARTS) is 1. The maximum atomic E-state index is 12.7. The Labute approximate surface area is 158 Å². The zero-order valence-electron chi connectivity index (χ0n) is 15.0. The first-order chi connectivity index (χ1) is 13.1. The van der Waals surface area contributed by atoms with E-state index in [2.05, 4.69) is 5.32 Å². The molecule has 0 radical (unpaired) electrons. The maximum Gasteiger partial charge on any atom is 0.307 e. The van der Waals surface area contributed by atoms with Crippen LogP contribution in [0.25, 0.3) is 0 Å². The van der Waals surface area contributed by atoms with Gasteiger partial charge in [0.1, 0.15) is 0 Å². The lowest BCUT2D eigenvalue weighted by atomic mass is 10.1. The molecule has 1 aliphatic rings. The normalized spacial score (nSPS) is 14.7. The van der Waals surface area contributed by atoms with Gasteiger partial charge in [0.2, 0.25) is 0 Å². The number of anilines is 1. The molecule has 142 valence electrons. The minimum Gasteiger partial charge on any atom is -0.481 e. The van der Waals surface area contributed by atoms with E-state index in [9.17, 15) is 9.59 Å². The van der Waals surface area contributed by atoms with E-state index in [0.29, 0.717) is 36.6 Å². The fraction of sp³-hybridized carbons (Fsp3) is 0.333. The van der Waals surface area contributed by atoms with Crippen molar-refractivity contribution in [1.82, 2.24) is 0 Å². The van der Waals surface area contributed by atoms with E-state index in [4.69, 9.17) is 14.6 Å². The van der Waals surface area contributed by atoms with Gasteiger partial charge >= 0.3 is 5.97 Å². The van der Waals surface area contributed by atoms with Crippen LogP contribution >= 0.6 is 0 Å². The van der Waals surface area contributed by atoms with Crippen LogP contribution in [0, 0.1) is 0 Å². The Hall–Kier alpha value is -2.70. The van der Waals surface area contributed by atoms with Crippen LogP contribution in [0.15, 0.2) is 48.5 Å². The summed E-state index contributed by atoms with van der Waals surface area (Å²) < 4.78 is 11.3. The zero-order chi connectivity index (χ0) is 19.1. The van der Waals surface area contributed by atoms with Gasteiger partial charge in [0.05, 0.1) is 19.1 Å². The summed E-state index contributed by atoms with van der Waals surface area (Å²) in [4.78, 5) is 23.4. The number of aliphatic carboxylic acids is 1. The number of ether oxygens (including phenoxy) is 2. The highest BCUT2D eigenvalue weighted by molar-refractivity contribution is 6.05. The highest BCUT2D eigenvalue weighted by Gasteiger charge is 2.16. The van der Waals surface area contributed by atoms with E-state index >= 15 is 0 Å². The molecule has 1 saturated heterocycles. The first-order valence-corrected chi connectivity index (χ1v) is 9.01. The number of amides is 1. The summed E-state index contributed by atoms with van der Waals surface area (Å²) in [6, 6.07) is 14.2. The third-order valence-electron chi connectivity index (χ3n) is 4.47. The molecule has 1 aliphatic heterocycles. The van der Waals surface area contributed by atoms with E-state index in [1.807, 2.05) is 18.2 Å². The number of carboxylic acids is 1. The molecule has 1 amide bonds. The van der Waals surface area contributed by atoms with Crippen molar-refractivity contribution < 1.29 is 24.2 Å². The zero-order valence-corrected chi connectivity index (χ0v) is 15.0. The number of nitrogens with one attached hydrogen (secondary N) is 1. The molecule has 0 spiro atoms. The average Bonchev–Trinajstić information content (AvgIpc) is 2.68. The standard InChI is InChI=1S/C21H23NO5/c23-20(24)13-15-5-7-17(8-6-15)22-21(25)19-4-2-1-3-16(19)14-27-18-9-11-26-12-10-18/h1-8,18H,9-14H2,(H,22,25)(H,23,24). The number of rotatable bonds is 7. The number of carbonyl (C=O) groups excluding carboxylic acids is 1. The molecule has 2 aromatic carbocycles. The van der Waals surface area contributed by atoms with Gasteiger partial charge in [0.15, 0.2) is 0 Å². The van der Waals surface area contributed by atoms with Gasteiger partial charge < -0.3 is 19.9 Å². The molecule has 0 unspecified atom stereocenters. The molecule has 3 rings (SSSR count). The second-order valence-electron chi connectivity index (χ2n) is 6.50. The van der Waals surface area contributed by atoms with Gasteiger partial charge in [0, 0.05) is 24.5 Å². The summed E-state index contributed by atoms with van der Waals surface area (Å²) in [5.41, 5.74) is 2.71. The molecule has 27 heavy (non-hydrogen) atoms. The third kappa shape index (κ3) is 5.64. The van der Waals surface area contributed by atoms with Crippen LogP contribution in [0.1, 0.15) is 34.3 Å².